The van der Waals surface area contributed by atoms with Crippen LogP contribution in [0.4, 0.5) is 0 Å². The maximum Gasteiger partial charge on any atom is 0.250 e. The number of pyridine rings is 1. The molecule has 0 atom stereocenters. The van der Waals surface area contributed by atoms with Crippen LogP contribution in [0.1, 0.15) is 17.0 Å². The van der Waals surface area contributed by atoms with Crippen molar-refractivity contribution in [1.29, 1.82) is 0 Å². The Balaban J connectivity index is 1.68. The number of imidazole rings is 1. The molecule has 1 aromatic carbocycles. The Morgan fingerprint density at radius 2 is 2.04 bits per heavy atom. The van der Waals surface area contributed by atoms with E-state index in [0.717, 1.165) is 16.7 Å². The lowest BCUT2D eigenvalue weighted by molar-refractivity contribution is 0.578. The van der Waals surface area contributed by atoms with E-state index in [1.807, 2.05) is 41.8 Å². The number of nitrogens with one attached hydrogen (secondary N) is 1. The van der Waals surface area contributed by atoms with Crippen molar-refractivity contribution < 1.29 is 8.42 Å². The van der Waals surface area contributed by atoms with Crippen LogP contribution < -0.4 is 4.72 Å². The first-order valence-corrected chi connectivity index (χ1v) is 10.8. The van der Waals surface area contributed by atoms with Crippen molar-refractivity contribution >= 4 is 32.5 Å². The van der Waals surface area contributed by atoms with E-state index >= 15 is 0 Å². The minimum atomic E-state index is -3.55. The molecule has 4 rings (SSSR count). The molecular weight excluding hydrogens is 380 g/mol. The molecule has 0 aliphatic heterocycles. The maximum atomic E-state index is 12.4. The molecule has 0 aliphatic rings. The Kier molecular flexibility index (Phi) is 4.77. The van der Waals surface area contributed by atoms with Crippen LogP contribution in [0.2, 0.25) is 0 Å². The average Bonchev–Trinajstić information content (AvgIpc) is 3.30. The van der Waals surface area contributed by atoms with Gasteiger partial charge in [-0.1, -0.05) is 35.9 Å². The van der Waals surface area contributed by atoms with Gasteiger partial charge in [0.2, 0.25) is 10.0 Å². The topological polar surface area (TPSA) is 76.9 Å². The first kappa shape index (κ1) is 17.8. The van der Waals surface area contributed by atoms with E-state index in [2.05, 4.69) is 20.8 Å². The van der Waals surface area contributed by atoms with Gasteiger partial charge in [-0.15, -0.1) is 11.3 Å². The number of benzene rings is 1. The minimum Gasteiger partial charge on any atom is -0.307 e. The van der Waals surface area contributed by atoms with Gasteiger partial charge in [-0.2, -0.15) is 0 Å². The van der Waals surface area contributed by atoms with E-state index in [1.54, 1.807) is 23.7 Å². The fourth-order valence-electron chi connectivity index (χ4n) is 2.95. The molecule has 0 spiro atoms. The molecule has 3 aromatic heterocycles. The fraction of sp³-hybridized carbons (Fsp3) is 0.158. The molecule has 3 heterocycles. The molecule has 6 nitrogen and oxygen atoms in total. The summed E-state index contributed by atoms with van der Waals surface area (Å²) in [6.07, 6.45) is 1.72. The van der Waals surface area contributed by atoms with Gasteiger partial charge < -0.3 is 4.57 Å². The molecule has 4 aromatic rings. The number of hydrogen-bond acceptors (Lipinski definition) is 5. The van der Waals surface area contributed by atoms with Crippen molar-refractivity contribution in [3.05, 3.63) is 77.1 Å². The Bertz CT molecular complexity index is 1180. The van der Waals surface area contributed by atoms with Crippen LogP contribution in [0, 0.1) is 6.92 Å². The van der Waals surface area contributed by atoms with E-state index in [9.17, 15) is 8.42 Å². The molecule has 0 saturated heterocycles. The smallest absolute Gasteiger partial charge is 0.250 e. The number of thiophene rings is 1. The van der Waals surface area contributed by atoms with Crippen LogP contribution in [-0.4, -0.2) is 23.0 Å². The summed E-state index contributed by atoms with van der Waals surface area (Å²) < 4.78 is 29.8. The molecule has 1 N–H and O–H groups in total. The predicted octanol–water partition coefficient (Wildman–Crippen LogP) is 3.33. The summed E-state index contributed by atoms with van der Waals surface area (Å²) >= 11 is 1.19. The van der Waals surface area contributed by atoms with Crippen molar-refractivity contribution in [3.63, 3.8) is 0 Å². The highest BCUT2D eigenvalue weighted by atomic mass is 32.2. The molecule has 0 radical (unpaired) electrons. The number of aryl methyl sites for hydroxylation is 1. The third kappa shape index (κ3) is 3.78. The van der Waals surface area contributed by atoms with Crippen LogP contribution >= 0.6 is 11.3 Å². The van der Waals surface area contributed by atoms with E-state index in [1.165, 1.54) is 16.9 Å². The van der Waals surface area contributed by atoms with Gasteiger partial charge in [0, 0.05) is 6.20 Å². The fourth-order valence-corrected chi connectivity index (χ4v) is 4.96. The van der Waals surface area contributed by atoms with Crippen molar-refractivity contribution in [2.45, 2.75) is 24.2 Å². The Hall–Kier alpha value is -2.55. The highest BCUT2D eigenvalue weighted by Crippen LogP contribution is 2.19. The summed E-state index contributed by atoms with van der Waals surface area (Å²) in [4.78, 5) is 9.03. The molecule has 0 fully saturated rings. The molecular formula is C19H18N4O2S2. The second-order valence-electron chi connectivity index (χ2n) is 6.21. The van der Waals surface area contributed by atoms with Gasteiger partial charge in [-0.3, -0.25) is 0 Å². The van der Waals surface area contributed by atoms with E-state index in [4.69, 9.17) is 0 Å². The summed E-state index contributed by atoms with van der Waals surface area (Å²) in [6.45, 7) is 2.72. The van der Waals surface area contributed by atoms with Crippen molar-refractivity contribution in [1.82, 2.24) is 19.3 Å². The number of rotatable bonds is 6. The molecule has 138 valence electrons. The highest BCUT2D eigenvalue weighted by Gasteiger charge is 2.18. The van der Waals surface area contributed by atoms with Crippen LogP contribution in [0.25, 0.3) is 11.2 Å². The molecule has 0 aliphatic carbocycles. The first-order chi connectivity index (χ1) is 13.0. The number of sulfonamides is 1. The monoisotopic (exact) mass is 398 g/mol. The SMILES string of the molecule is Cc1cccc(Cn2c(CNS(=O)(=O)c3cccs3)nc3cccnc32)c1. The lowest BCUT2D eigenvalue weighted by Gasteiger charge is -2.10. The molecule has 0 unspecified atom stereocenters. The lowest BCUT2D eigenvalue weighted by Crippen LogP contribution is -2.24. The molecule has 0 bridgehead atoms. The molecule has 27 heavy (non-hydrogen) atoms. The van der Waals surface area contributed by atoms with Gasteiger partial charge in [0.05, 0.1) is 13.1 Å². The van der Waals surface area contributed by atoms with Crippen molar-refractivity contribution in [2.75, 3.05) is 0 Å². The lowest BCUT2D eigenvalue weighted by atomic mass is 10.1. The molecule has 0 amide bonds. The summed E-state index contributed by atoms with van der Waals surface area (Å²) in [6, 6.07) is 15.2. The first-order valence-electron chi connectivity index (χ1n) is 8.42. The second kappa shape index (κ2) is 7.22. The Morgan fingerprint density at radius 1 is 1.15 bits per heavy atom. The molecule has 0 saturated carbocycles. The summed E-state index contributed by atoms with van der Waals surface area (Å²) in [5, 5.41) is 1.74. The van der Waals surface area contributed by atoms with Gasteiger partial charge in [0.1, 0.15) is 15.6 Å². The Labute approximate surface area is 161 Å². The number of aromatic nitrogens is 3. The summed E-state index contributed by atoms with van der Waals surface area (Å²) in [5.41, 5.74) is 3.77. The highest BCUT2D eigenvalue weighted by molar-refractivity contribution is 7.91. The summed E-state index contributed by atoms with van der Waals surface area (Å²) in [7, 11) is -3.55. The van der Waals surface area contributed by atoms with Crippen molar-refractivity contribution in [2.24, 2.45) is 0 Å². The zero-order valence-electron chi connectivity index (χ0n) is 14.7. The average molecular weight is 399 g/mol. The number of nitrogens with zero attached hydrogens (tertiary/aromatic N) is 3. The third-order valence-corrected chi connectivity index (χ3v) is 6.98. The predicted molar refractivity (Wildman–Crippen MR) is 106 cm³/mol. The van der Waals surface area contributed by atoms with Gasteiger partial charge in [-0.25, -0.2) is 23.1 Å². The van der Waals surface area contributed by atoms with E-state index in [-0.39, 0.29) is 6.54 Å². The van der Waals surface area contributed by atoms with Crippen LogP contribution in [-0.2, 0) is 23.1 Å². The van der Waals surface area contributed by atoms with Crippen LogP contribution in [0.5, 0.6) is 0 Å². The number of hydrogen-bond donors (Lipinski definition) is 1. The van der Waals surface area contributed by atoms with Crippen LogP contribution in [0.3, 0.4) is 0 Å². The zero-order valence-corrected chi connectivity index (χ0v) is 16.3. The Morgan fingerprint density at radius 3 is 2.81 bits per heavy atom. The third-order valence-electron chi connectivity index (χ3n) is 4.19. The van der Waals surface area contributed by atoms with Gasteiger partial charge in [-0.05, 0) is 36.1 Å². The largest absolute Gasteiger partial charge is 0.307 e. The number of fused-ring (bicyclic) bond motifs is 1. The van der Waals surface area contributed by atoms with Crippen LogP contribution in [0.15, 0.2) is 64.3 Å². The molecule has 8 heteroatoms. The minimum absolute atomic E-state index is 0.0996. The summed E-state index contributed by atoms with van der Waals surface area (Å²) in [5.74, 6) is 0.630. The maximum absolute atomic E-state index is 12.4. The second-order valence-corrected chi connectivity index (χ2v) is 9.15. The van der Waals surface area contributed by atoms with Crippen molar-refractivity contribution in [3.8, 4) is 0 Å². The normalized spacial score (nSPS) is 11.9. The van der Waals surface area contributed by atoms with E-state index in [0.29, 0.717) is 16.6 Å². The van der Waals surface area contributed by atoms with E-state index < -0.39 is 10.0 Å². The van der Waals surface area contributed by atoms with Gasteiger partial charge >= 0.3 is 0 Å². The quantitative estimate of drug-likeness (QED) is 0.540. The van der Waals surface area contributed by atoms with Gasteiger partial charge in [0.25, 0.3) is 0 Å². The zero-order chi connectivity index (χ0) is 18.9. The standard InChI is InChI=1S/C19H18N4O2S2/c1-14-5-2-6-15(11-14)13-23-17(22-16-7-3-9-20-19(16)23)12-21-27(24,25)18-8-4-10-26-18/h2-11,21H,12-13H2,1H3. The van der Waals surface area contributed by atoms with Gasteiger partial charge in [0.15, 0.2) is 5.65 Å².